The van der Waals surface area contributed by atoms with Gasteiger partial charge in [0.25, 0.3) is 0 Å². The largest absolute Gasteiger partial charge is 1.00 e. The van der Waals surface area contributed by atoms with Crippen molar-refractivity contribution in [3.05, 3.63) is 0 Å². The molecular weight excluding hydrogens is 372 g/mol. The van der Waals surface area contributed by atoms with Crippen LogP contribution in [0.1, 0.15) is 0 Å². The summed E-state index contributed by atoms with van der Waals surface area (Å²) in [6, 6.07) is 0. The first-order valence-corrected chi connectivity index (χ1v) is 8.10. The SMILES string of the molecule is O=P(O)(O)O[C@@H]1C(O)[C@H](OP(=O)(O)O)[C@@H](O)C(O)[C@H]1O.[Na+].[Na+]. The van der Waals surface area contributed by atoms with Gasteiger partial charge in [0.05, 0.1) is 0 Å². The molecule has 16 heteroatoms. The Morgan fingerprint density at radius 3 is 1.09 bits per heavy atom. The van der Waals surface area contributed by atoms with E-state index in [0.717, 1.165) is 0 Å². The molecule has 0 aromatic carbocycles. The topological polar surface area (TPSA) is 214 Å². The fraction of sp³-hybridized carbons (Fsp3) is 1.00. The number of hydrogen-bond donors (Lipinski definition) is 8. The van der Waals surface area contributed by atoms with Gasteiger partial charge < -0.3 is 40.0 Å². The van der Waals surface area contributed by atoms with Crippen molar-refractivity contribution in [3.63, 3.8) is 0 Å². The summed E-state index contributed by atoms with van der Waals surface area (Å²) >= 11 is 0. The molecule has 0 aromatic rings. The average Bonchev–Trinajstić information content (AvgIpc) is 2.25. The third kappa shape index (κ3) is 7.52. The van der Waals surface area contributed by atoms with Crippen LogP contribution in [0.4, 0.5) is 0 Å². The van der Waals surface area contributed by atoms with Crippen LogP contribution in [0, 0.1) is 0 Å². The number of aliphatic hydroxyl groups is 4. The van der Waals surface area contributed by atoms with Gasteiger partial charge in [0.2, 0.25) is 0 Å². The maximum absolute atomic E-state index is 10.7. The zero-order chi connectivity index (χ0) is 15.9. The summed E-state index contributed by atoms with van der Waals surface area (Å²) in [6.07, 6.45) is -12.8. The second-order valence-electron chi connectivity index (χ2n) is 4.08. The van der Waals surface area contributed by atoms with Gasteiger partial charge in [-0.15, -0.1) is 0 Å². The maximum atomic E-state index is 10.7. The van der Waals surface area contributed by atoms with E-state index in [9.17, 15) is 29.6 Å². The van der Waals surface area contributed by atoms with Crippen molar-refractivity contribution in [1.82, 2.24) is 0 Å². The van der Waals surface area contributed by atoms with Gasteiger partial charge in [-0.2, -0.15) is 0 Å². The molecule has 0 amide bonds. The molecule has 1 fully saturated rings. The van der Waals surface area contributed by atoms with E-state index in [1.54, 1.807) is 0 Å². The molecule has 12 nitrogen and oxygen atoms in total. The standard InChI is InChI=1S/C6H14O12P2.2Na/c7-1-2(8)5(17-19(11,12)13)4(10)6(3(1)9)18-20(14,15)16;;/h1-10H,(H2,11,12,13)(H2,14,15,16);;/q;2*+1/t1?,2-,3+,4?,5+,6-;;. The van der Waals surface area contributed by atoms with E-state index in [4.69, 9.17) is 19.6 Å². The summed E-state index contributed by atoms with van der Waals surface area (Å²) in [4.78, 5) is 34.4. The second-order valence-corrected chi connectivity index (χ2v) is 6.47. The van der Waals surface area contributed by atoms with Crippen molar-refractivity contribution in [3.8, 4) is 0 Å². The first kappa shape index (κ1) is 26.3. The van der Waals surface area contributed by atoms with Crippen molar-refractivity contribution >= 4 is 15.6 Å². The normalized spacial score (nSPS) is 36.2. The van der Waals surface area contributed by atoms with Crippen LogP contribution in [0.5, 0.6) is 0 Å². The number of phosphoric ester groups is 2. The molecule has 0 aliphatic heterocycles. The Hall–Kier alpha value is 2.06. The third-order valence-corrected chi connectivity index (χ3v) is 3.60. The van der Waals surface area contributed by atoms with Crippen LogP contribution in [0.3, 0.4) is 0 Å². The molecule has 120 valence electrons. The molecule has 0 spiro atoms. The number of aliphatic hydroxyl groups excluding tert-OH is 4. The first-order valence-electron chi connectivity index (χ1n) is 5.03. The number of phosphoric acid groups is 2. The van der Waals surface area contributed by atoms with Crippen LogP contribution in [0.2, 0.25) is 0 Å². The van der Waals surface area contributed by atoms with E-state index in [1.165, 1.54) is 0 Å². The maximum Gasteiger partial charge on any atom is 1.00 e. The van der Waals surface area contributed by atoms with Crippen molar-refractivity contribution in [2.45, 2.75) is 36.6 Å². The van der Waals surface area contributed by atoms with Crippen LogP contribution in [-0.2, 0) is 18.2 Å². The van der Waals surface area contributed by atoms with Crippen molar-refractivity contribution in [1.29, 1.82) is 0 Å². The van der Waals surface area contributed by atoms with Crippen LogP contribution in [0.25, 0.3) is 0 Å². The summed E-state index contributed by atoms with van der Waals surface area (Å²) in [6.45, 7) is 0. The fourth-order valence-corrected chi connectivity index (χ4v) is 2.88. The molecule has 8 N–H and O–H groups in total. The summed E-state index contributed by atoms with van der Waals surface area (Å²) in [5.41, 5.74) is 0. The molecule has 0 heterocycles. The summed E-state index contributed by atoms with van der Waals surface area (Å²) in [5.74, 6) is 0. The quantitative estimate of drug-likeness (QED) is 0.167. The van der Waals surface area contributed by atoms with Gasteiger partial charge in [-0.1, -0.05) is 0 Å². The number of hydrogen-bond acceptors (Lipinski definition) is 8. The average molecular weight is 386 g/mol. The van der Waals surface area contributed by atoms with Gasteiger partial charge in [0.15, 0.2) is 0 Å². The van der Waals surface area contributed by atoms with Crippen molar-refractivity contribution in [2.24, 2.45) is 0 Å². The van der Waals surface area contributed by atoms with Crippen LogP contribution < -0.4 is 59.1 Å². The van der Waals surface area contributed by atoms with Crippen LogP contribution in [-0.4, -0.2) is 76.6 Å². The zero-order valence-corrected chi connectivity index (χ0v) is 17.4. The minimum atomic E-state index is -5.20. The molecular formula is C6H14Na2O12P2+2. The molecule has 1 saturated carbocycles. The fourth-order valence-electron chi connectivity index (χ4n) is 1.75. The van der Waals surface area contributed by atoms with Crippen LogP contribution in [0.15, 0.2) is 0 Å². The summed E-state index contributed by atoms with van der Waals surface area (Å²) < 4.78 is 29.4. The molecule has 0 radical (unpaired) electrons. The molecule has 1 aliphatic rings. The Balaban J connectivity index is 0. The Morgan fingerprint density at radius 2 is 0.864 bits per heavy atom. The predicted octanol–water partition coefficient (Wildman–Crippen LogP) is -9.59. The molecule has 0 aromatic heterocycles. The summed E-state index contributed by atoms with van der Waals surface area (Å²) in [5, 5.41) is 38.0. The Kier molecular flexibility index (Phi) is 11.6. The van der Waals surface area contributed by atoms with Gasteiger partial charge in [-0.25, -0.2) is 9.13 Å². The molecule has 1 aliphatic carbocycles. The molecule has 0 bridgehead atoms. The van der Waals surface area contributed by atoms with E-state index in [1.807, 2.05) is 0 Å². The molecule has 2 unspecified atom stereocenters. The molecule has 22 heavy (non-hydrogen) atoms. The molecule has 6 atom stereocenters. The van der Waals surface area contributed by atoms with Crippen molar-refractivity contribution < 1.29 is 117 Å². The van der Waals surface area contributed by atoms with Gasteiger partial charge in [-0.05, 0) is 0 Å². The van der Waals surface area contributed by atoms with Gasteiger partial charge >= 0.3 is 74.8 Å². The van der Waals surface area contributed by atoms with E-state index >= 15 is 0 Å². The van der Waals surface area contributed by atoms with E-state index in [0.29, 0.717) is 0 Å². The minimum absolute atomic E-state index is 0. The van der Waals surface area contributed by atoms with Crippen molar-refractivity contribution in [2.75, 3.05) is 0 Å². The minimum Gasteiger partial charge on any atom is -0.387 e. The van der Waals surface area contributed by atoms with Gasteiger partial charge in [-0.3, -0.25) is 9.05 Å². The Morgan fingerprint density at radius 1 is 0.591 bits per heavy atom. The Bertz CT molecular complexity index is 399. The zero-order valence-electron chi connectivity index (χ0n) is 11.6. The monoisotopic (exact) mass is 386 g/mol. The van der Waals surface area contributed by atoms with E-state index in [-0.39, 0.29) is 59.1 Å². The van der Waals surface area contributed by atoms with Gasteiger partial charge in [0, 0.05) is 0 Å². The van der Waals surface area contributed by atoms with Crippen LogP contribution >= 0.6 is 15.6 Å². The first-order chi connectivity index (χ1) is 8.83. The van der Waals surface area contributed by atoms with E-state index < -0.39 is 52.3 Å². The summed E-state index contributed by atoms with van der Waals surface area (Å²) in [7, 11) is -10.4. The Labute approximate surface area is 168 Å². The second kappa shape index (κ2) is 9.67. The third-order valence-electron chi connectivity index (χ3n) is 2.56. The molecule has 0 saturated heterocycles. The smallest absolute Gasteiger partial charge is 0.387 e. The predicted molar refractivity (Wildman–Crippen MR) is 57.9 cm³/mol. The molecule has 1 rings (SSSR count). The number of rotatable bonds is 4. The van der Waals surface area contributed by atoms with Gasteiger partial charge in [0.1, 0.15) is 36.6 Å². The van der Waals surface area contributed by atoms with E-state index in [2.05, 4.69) is 9.05 Å².